The Morgan fingerprint density at radius 1 is 1.13 bits per heavy atom. The van der Waals surface area contributed by atoms with E-state index in [1.165, 1.54) is 0 Å². The lowest BCUT2D eigenvalue weighted by Gasteiger charge is -2.13. The zero-order valence-electron chi connectivity index (χ0n) is 13.2. The van der Waals surface area contributed by atoms with Gasteiger partial charge in [0.25, 0.3) is 0 Å². The van der Waals surface area contributed by atoms with E-state index in [1.54, 1.807) is 19.2 Å². The Kier molecular flexibility index (Phi) is 6.59. The van der Waals surface area contributed by atoms with Crippen molar-refractivity contribution >= 4 is 11.6 Å². The summed E-state index contributed by atoms with van der Waals surface area (Å²) in [6, 6.07) is 16.3. The normalized spacial score (nSPS) is 11.7. The van der Waals surface area contributed by atoms with Crippen LogP contribution < -0.4 is 15.8 Å². The van der Waals surface area contributed by atoms with E-state index in [4.69, 9.17) is 15.2 Å². The standard InChI is InChI=1S/C18H22N2O3/c1-22-10-11-23-16-9-5-8-15(13-16)20-18(21)17(19)12-14-6-3-2-4-7-14/h2-9,13,17H,10-12,19H2,1H3,(H,20,21)/t17-/m0/s1. The van der Waals surface area contributed by atoms with Gasteiger partial charge in [-0.15, -0.1) is 0 Å². The molecule has 2 rings (SSSR count). The summed E-state index contributed by atoms with van der Waals surface area (Å²) < 4.78 is 10.5. The number of carbonyl (C=O) groups is 1. The van der Waals surface area contributed by atoms with Crippen molar-refractivity contribution in [2.75, 3.05) is 25.6 Å². The van der Waals surface area contributed by atoms with Crippen LogP contribution in [0.3, 0.4) is 0 Å². The van der Waals surface area contributed by atoms with Crippen LogP contribution in [0.4, 0.5) is 5.69 Å². The molecule has 5 nitrogen and oxygen atoms in total. The van der Waals surface area contributed by atoms with Gasteiger partial charge in [-0.25, -0.2) is 0 Å². The first kappa shape index (κ1) is 17.0. The minimum absolute atomic E-state index is 0.220. The Hall–Kier alpha value is -2.37. The van der Waals surface area contributed by atoms with Crippen molar-refractivity contribution < 1.29 is 14.3 Å². The van der Waals surface area contributed by atoms with E-state index in [9.17, 15) is 4.79 Å². The van der Waals surface area contributed by atoms with Gasteiger partial charge in [-0.2, -0.15) is 0 Å². The summed E-state index contributed by atoms with van der Waals surface area (Å²) in [5.41, 5.74) is 7.67. The fourth-order valence-electron chi connectivity index (χ4n) is 2.10. The molecule has 0 bridgehead atoms. The van der Waals surface area contributed by atoms with Crippen molar-refractivity contribution in [2.24, 2.45) is 5.73 Å². The van der Waals surface area contributed by atoms with Crippen LogP contribution in [0.1, 0.15) is 5.56 Å². The Labute approximate surface area is 136 Å². The molecule has 0 aliphatic rings. The Bertz CT molecular complexity index is 617. The molecule has 0 fully saturated rings. The van der Waals surface area contributed by atoms with Crippen LogP contribution >= 0.6 is 0 Å². The number of nitrogens with one attached hydrogen (secondary N) is 1. The van der Waals surface area contributed by atoms with Crippen LogP contribution in [0.2, 0.25) is 0 Å². The van der Waals surface area contributed by atoms with E-state index >= 15 is 0 Å². The van der Waals surface area contributed by atoms with Gasteiger partial charge in [-0.1, -0.05) is 36.4 Å². The number of hydrogen-bond acceptors (Lipinski definition) is 4. The number of hydrogen-bond donors (Lipinski definition) is 2. The summed E-state index contributed by atoms with van der Waals surface area (Å²) in [6.45, 7) is 0.972. The summed E-state index contributed by atoms with van der Waals surface area (Å²) >= 11 is 0. The zero-order chi connectivity index (χ0) is 16.5. The number of amides is 1. The summed E-state index contributed by atoms with van der Waals surface area (Å²) in [4.78, 5) is 12.2. The van der Waals surface area contributed by atoms with Crippen LogP contribution in [-0.4, -0.2) is 32.3 Å². The number of benzene rings is 2. The van der Waals surface area contributed by atoms with Gasteiger partial charge < -0.3 is 20.5 Å². The summed E-state index contributed by atoms with van der Waals surface area (Å²) in [7, 11) is 1.62. The molecule has 1 amide bonds. The molecule has 2 aromatic carbocycles. The fraction of sp³-hybridized carbons (Fsp3) is 0.278. The predicted octanol–water partition coefficient (Wildman–Crippen LogP) is 2.22. The molecule has 0 aliphatic carbocycles. The van der Waals surface area contributed by atoms with Crippen molar-refractivity contribution in [2.45, 2.75) is 12.5 Å². The molecule has 0 radical (unpaired) electrons. The van der Waals surface area contributed by atoms with Crippen molar-refractivity contribution in [3.8, 4) is 5.75 Å². The largest absolute Gasteiger partial charge is 0.491 e. The molecule has 23 heavy (non-hydrogen) atoms. The molecule has 0 saturated carbocycles. The number of anilines is 1. The van der Waals surface area contributed by atoms with Gasteiger partial charge in [0, 0.05) is 18.9 Å². The average molecular weight is 314 g/mol. The third-order valence-corrected chi connectivity index (χ3v) is 3.29. The predicted molar refractivity (Wildman–Crippen MR) is 90.6 cm³/mol. The first-order valence-electron chi connectivity index (χ1n) is 7.51. The minimum Gasteiger partial charge on any atom is -0.491 e. The second-order valence-electron chi connectivity index (χ2n) is 5.15. The molecule has 122 valence electrons. The van der Waals surface area contributed by atoms with E-state index in [2.05, 4.69) is 5.32 Å². The lowest BCUT2D eigenvalue weighted by atomic mass is 10.1. The molecule has 2 aromatic rings. The first-order chi connectivity index (χ1) is 11.2. The highest BCUT2D eigenvalue weighted by molar-refractivity contribution is 5.95. The molecule has 0 unspecified atom stereocenters. The van der Waals surface area contributed by atoms with Crippen molar-refractivity contribution in [1.29, 1.82) is 0 Å². The highest BCUT2D eigenvalue weighted by atomic mass is 16.5. The van der Waals surface area contributed by atoms with Gasteiger partial charge in [-0.05, 0) is 24.1 Å². The molecule has 3 N–H and O–H groups in total. The van der Waals surface area contributed by atoms with E-state index in [0.717, 1.165) is 5.56 Å². The number of methoxy groups -OCH3 is 1. The maximum absolute atomic E-state index is 12.2. The zero-order valence-corrected chi connectivity index (χ0v) is 13.2. The number of nitrogens with two attached hydrogens (primary N) is 1. The van der Waals surface area contributed by atoms with Crippen LogP contribution in [0, 0.1) is 0 Å². The average Bonchev–Trinajstić information content (AvgIpc) is 2.56. The summed E-state index contributed by atoms with van der Waals surface area (Å²) in [5.74, 6) is 0.458. The van der Waals surface area contributed by atoms with Gasteiger partial charge >= 0.3 is 0 Å². The number of ether oxygens (including phenoxy) is 2. The lowest BCUT2D eigenvalue weighted by molar-refractivity contribution is -0.117. The topological polar surface area (TPSA) is 73.6 Å². The molecule has 5 heteroatoms. The van der Waals surface area contributed by atoms with Crippen LogP contribution in [-0.2, 0) is 16.0 Å². The molecule has 0 saturated heterocycles. The van der Waals surface area contributed by atoms with E-state index < -0.39 is 6.04 Å². The van der Waals surface area contributed by atoms with Crippen LogP contribution in [0.15, 0.2) is 54.6 Å². The first-order valence-corrected chi connectivity index (χ1v) is 7.51. The summed E-state index contributed by atoms with van der Waals surface area (Å²) in [6.07, 6.45) is 0.497. The summed E-state index contributed by atoms with van der Waals surface area (Å²) in [5, 5.41) is 2.82. The van der Waals surface area contributed by atoms with E-state index in [-0.39, 0.29) is 5.91 Å². The highest BCUT2D eigenvalue weighted by Crippen LogP contribution is 2.17. The third-order valence-electron chi connectivity index (χ3n) is 3.29. The fourth-order valence-corrected chi connectivity index (χ4v) is 2.10. The van der Waals surface area contributed by atoms with Gasteiger partial charge in [0.05, 0.1) is 12.6 Å². The Morgan fingerprint density at radius 2 is 1.91 bits per heavy atom. The smallest absolute Gasteiger partial charge is 0.241 e. The molecule has 0 aliphatic heterocycles. The second kappa shape index (κ2) is 8.92. The molecule has 1 atom stereocenters. The number of carbonyl (C=O) groups excluding carboxylic acids is 1. The second-order valence-corrected chi connectivity index (χ2v) is 5.15. The Balaban J connectivity index is 1.90. The van der Waals surface area contributed by atoms with Crippen molar-refractivity contribution in [1.82, 2.24) is 0 Å². The molecule has 0 spiro atoms. The maximum atomic E-state index is 12.2. The van der Waals surface area contributed by atoms with Gasteiger partial charge in [0.1, 0.15) is 12.4 Å². The molecule has 0 aromatic heterocycles. The number of rotatable bonds is 8. The van der Waals surface area contributed by atoms with Crippen LogP contribution in [0.5, 0.6) is 5.75 Å². The molecular formula is C18H22N2O3. The Morgan fingerprint density at radius 3 is 2.65 bits per heavy atom. The maximum Gasteiger partial charge on any atom is 0.241 e. The van der Waals surface area contributed by atoms with E-state index in [0.29, 0.717) is 31.1 Å². The van der Waals surface area contributed by atoms with Gasteiger partial charge in [0.2, 0.25) is 5.91 Å². The molecular weight excluding hydrogens is 292 g/mol. The SMILES string of the molecule is COCCOc1cccc(NC(=O)[C@@H](N)Cc2ccccc2)c1. The van der Waals surface area contributed by atoms with Crippen molar-refractivity contribution in [3.63, 3.8) is 0 Å². The monoisotopic (exact) mass is 314 g/mol. The third kappa shape index (κ3) is 5.73. The van der Waals surface area contributed by atoms with E-state index in [1.807, 2.05) is 42.5 Å². The van der Waals surface area contributed by atoms with Gasteiger partial charge in [0.15, 0.2) is 0 Å². The van der Waals surface area contributed by atoms with Crippen LogP contribution in [0.25, 0.3) is 0 Å². The van der Waals surface area contributed by atoms with Crippen molar-refractivity contribution in [3.05, 3.63) is 60.2 Å². The van der Waals surface area contributed by atoms with Gasteiger partial charge in [-0.3, -0.25) is 4.79 Å². The lowest BCUT2D eigenvalue weighted by Crippen LogP contribution is -2.37. The highest BCUT2D eigenvalue weighted by Gasteiger charge is 2.14. The quantitative estimate of drug-likeness (QED) is 0.733. The minimum atomic E-state index is -0.601. The molecule has 0 heterocycles.